The number of rotatable bonds is 4. The Kier molecular flexibility index (Phi) is 3.71. The maximum atomic E-state index is 11.4. The fourth-order valence-corrected chi connectivity index (χ4v) is 3.60. The number of nitrogens with zero attached hydrogens (tertiary/aromatic N) is 2. The molecule has 1 aliphatic heterocycles. The Balaban J connectivity index is 2.05. The van der Waals surface area contributed by atoms with Gasteiger partial charge in [0.25, 0.3) is 0 Å². The molecule has 1 saturated heterocycles. The summed E-state index contributed by atoms with van der Waals surface area (Å²) >= 11 is 0. The molecule has 0 bridgehead atoms. The molecule has 1 aromatic rings. The number of imidazole rings is 1. The van der Waals surface area contributed by atoms with Crippen molar-refractivity contribution in [3.05, 3.63) is 12.4 Å². The molecule has 0 atom stereocenters. The highest BCUT2D eigenvalue weighted by Gasteiger charge is 2.25. The van der Waals surface area contributed by atoms with Crippen molar-refractivity contribution in [2.24, 2.45) is 0 Å². The van der Waals surface area contributed by atoms with E-state index in [9.17, 15) is 8.42 Å². The normalized spacial score (nSPS) is 20.3. The summed E-state index contributed by atoms with van der Waals surface area (Å²) in [7, 11) is -2.79. The molecule has 17 heavy (non-hydrogen) atoms. The van der Waals surface area contributed by atoms with E-state index in [4.69, 9.17) is 0 Å². The van der Waals surface area contributed by atoms with Gasteiger partial charge in [-0.15, -0.1) is 0 Å². The number of aromatic nitrogens is 2. The van der Waals surface area contributed by atoms with Crippen LogP contribution in [-0.4, -0.2) is 36.0 Å². The van der Waals surface area contributed by atoms with Gasteiger partial charge in [0, 0.05) is 25.0 Å². The fourth-order valence-electron chi connectivity index (χ4n) is 2.14. The molecule has 0 spiro atoms. The highest BCUT2D eigenvalue weighted by molar-refractivity contribution is 7.91. The first-order valence-electron chi connectivity index (χ1n) is 6.09. The van der Waals surface area contributed by atoms with Crippen molar-refractivity contribution in [2.75, 3.05) is 23.4 Å². The van der Waals surface area contributed by atoms with Crippen molar-refractivity contribution in [1.29, 1.82) is 0 Å². The number of anilines is 1. The fraction of sp³-hybridized carbons (Fsp3) is 0.727. The first kappa shape index (κ1) is 12.4. The average molecular weight is 257 g/mol. The minimum Gasteiger partial charge on any atom is -0.356 e. The average Bonchev–Trinajstić information content (AvgIpc) is 2.74. The summed E-state index contributed by atoms with van der Waals surface area (Å²) in [6.07, 6.45) is 6.13. The van der Waals surface area contributed by atoms with E-state index < -0.39 is 9.84 Å². The molecule has 1 aliphatic rings. The number of sulfone groups is 1. The molecule has 1 aromatic heterocycles. The second-order valence-electron chi connectivity index (χ2n) is 4.47. The molecular formula is C11H19N3O2S. The van der Waals surface area contributed by atoms with Gasteiger partial charge in [-0.3, -0.25) is 0 Å². The van der Waals surface area contributed by atoms with E-state index in [1.165, 1.54) is 0 Å². The summed E-state index contributed by atoms with van der Waals surface area (Å²) < 4.78 is 24.8. The minimum absolute atomic E-state index is 0.264. The first-order chi connectivity index (χ1) is 8.12. The molecule has 2 heterocycles. The summed E-state index contributed by atoms with van der Waals surface area (Å²) in [6, 6.07) is 0.264. The first-order valence-corrected chi connectivity index (χ1v) is 7.91. The molecule has 1 N–H and O–H groups in total. The van der Waals surface area contributed by atoms with Crippen molar-refractivity contribution in [1.82, 2.24) is 9.55 Å². The lowest BCUT2D eigenvalue weighted by molar-refractivity contribution is 0.453. The van der Waals surface area contributed by atoms with Gasteiger partial charge in [0.05, 0.1) is 11.5 Å². The van der Waals surface area contributed by atoms with Crippen molar-refractivity contribution < 1.29 is 8.42 Å². The third kappa shape index (κ3) is 3.00. The van der Waals surface area contributed by atoms with Gasteiger partial charge in [-0.1, -0.05) is 6.92 Å². The molecule has 1 fully saturated rings. The van der Waals surface area contributed by atoms with Crippen molar-refractivity contribution in [3.63, 3.8) is 0 Å². The van der Waals surface area contributed by atoms with Crippen LogP contribution < -0.4 is 5.32 Å². The van der Waals surface area contributed by atoms with Gasteiger partial charge in [0.1, 0.15) is 9.84 Å². The SMILES string of the molecule is CCCNc1nccn1C1CCS(=O)(=O)CC1. The van der Waals surface area contributed by atoms with E-state index in [2.05, 4.69) is 21.8 Å². The van der Waals surface area contributed by atoms with Crippen LogP contribution >= 0.6 is 0 Å². The van der Waals surface area contributed by atoms with Gasteiger partial charge in [0.2, 0.25) is 5.95 Å². The van der Waals surface area contributed by atoms with Crippen molar-refractivity contribution >= 4 is 15.8 Å². The maximum Gasteiger partial charge on any atom is 0.203 e. The quantitative estimate of drug-likeness (QED) is 0.887. The molecule has 0 radical (unpaired) electrons. The second kappa shape index (κ2) is 5.08. The molecule has 0 aliphatic carbocycles. The van der Waals surface area contributed by atoms with Crippen LogP contribution in [0.2, 0.25) is 0 Å². The van der Waals surface area contributed by atoms with Crippen LogP contribution in [0.15, 0.2) is 12.4 Å². The Morgan fingerprint density at radius 3 is 2.82 bits per heavy atom. The second-order valence-corrected chi connectivity index (χ2v) is 6.77. The third-order valence-corrected chi connectivity index (χ3v) is 4.83. The summed E-state index contributed by atoms with van der Waals surface area (Å²) in [5.74, 6) is 1.45. The van der Waals surface area contributed by atoms with Crippen LogP contribution in [0.4, 0.5) is 5.95 Å². The Hall–Kier alpha value is -1.04. The molecule has 2 rings (SSSR count). The highest BCUT2D eigenvalue weighted by Crippen LogP contribution is 2.26. The lowest BCUT2D eigenvalue weighted by Gasteiger charge is -2.24. The van der Waals surface area contributed by atoms with E-state index in [1.807, 2.05) is 6.20 Å². The Morgan fingerprint density at radius 1 is 1.47 bits per heavy atom. The maximum absolute atomic E-state index is 11.4. The Labute approximate surface area is 102 Å². The van der Waals surface area contributed by atoms with Crippen LogP contribution in [0.25, 0.3) is 0 Å². The summed E-state index contributed by atoms with van der Waals surface area (Å²) in [6.45, 7) is 3.00. The zero-order valence-corrected chi connectivity index (χ0v) is 10.9. The van der Waals surface area contributed by atoms with E-state index in [-0.39, 0.29) is 6.04 Å². The van der Waals surface area contributed by atoms with Crippen LogP contribution in [0.1, 0.15) is 32.2 Å². The summed E-state index contributed by atoms with van der Waals surface area (Å²) in [5, 5.41) is 3.26. The highest BCUT2D eigenvalue weighted by atomic mass is 32.2. The number of hydrogen-bond acceptors (Lipinski definition) is 4. The van der Waals surface area contributed by atoms with Crippen molar-refractivity contribution in [2.45, 2.75) is 32.2 Å². The predicted octanol–water partition coefficient (Wildman–Crippen LogP) is 1.45. The molecule has 0 aromatic carbocycles. The van der Waals surface area contributed by atoms with E-state index in [1.54, 1.807) is 6.20 Å². The standard InChI is InChI=1S/C11H19N3O2S/c1-2-5-12-11-13-6-7-14(11)10-3-8-17(15,16)9-4-10/h6-7,10H,2-5,8-9H2,1H3,(H,12,13). The van der Waals surface area contributed by atoms with Gasteiger partial charge in [0.15, 0.2) is 0 Å². The zero-order valence-electron chi connectivity index (χ0n) is 10.1. The molecule has 0 amide bonds. The minimum atomic E-state index is -2.79. The van der Waals surface area contributed by atoms with E-state index in [0.29, 0.717) is 24.3 Å². The number of hydrogen-bond donors (Lipinski definition) is 1. The summed E-state index contributed by atoms with van der Waals surface area (Å²) in [4.78, 5) is 4.27. The molecular weight excluding hydrogens is 238 g/mol. The van der Waals surface area contributed by atoms with Gasteiger partial charge >= 0.3 is 0 Å². The number of nitrogens with one attached hydrogen (secondary N) is 1. The van der Waals surface area contributed by atoms with Crippen LogP contribution in [0.5, 0.6) is 0 Å². The van der Waals surface area contributed by atoms with Gasteiger partial charge in [-0.2, -0.15) is 0 Å². The van der Waals surface area contributed by atoms with Crippen LogP contribution in [-0.2, 0) is 9.84 Å². The predicted molar refractivity (Wildman–Crippen MR) is 67.9 cm³/mol. The zero-order chi connectivity index (χ0) is 12.3. The lowest BCUT2D eigenvalue weighted by atomic mass is 10.1. The Bertz CT molecular complexity index is 453. The largest absolute Gasteiger partial charge is 0.356 e. The molecule has 96 valence electrons. The van der Waals surface area contributed by atoms with Crippen LogP contribution in [0, 0.1) is 0 Å². The van der Waals surface area contributed by atoms with E-state index in [0.717, 1.165) is 18.9 Å². The molecule has 0 unspecified atom stereocenters. The van der Waals surface area contributed by atoms with Gasteiger partial charge in [-0.05, 0) is 19.3 Å². The third-order valence-electron chi connectivity index (χ3n) is 3.12. The van der Waals surface area contributed by atoms with Gasteiger partial charge < -0.3 is 9.88 Å². The summed E-state index contributed by atoms with van der Waals surface area (Å²) in [5.41, 5.74) is 0. The molecule has 5 nitrogen and oxygen atoms in total. The molecule has 6 heteroatoms. The van der Waals surface area contributed by atoms with Gasteiger partial charge in [-0.25, -0.2) is 13.4 Å². The molecule has 0 saturated carbocycles. The smallest absolute Gasteiger partial charge is 0.203 e. The van der Waals surface area contributed by atoms with Crippen molar-refractivity contribution in [3.8, 4) is 0 Å². The van der Waals surface area contributed by atoms with Crippen LogP contribution in [0.3, 0.4) is 0 Å². The van der Waals surface area contributed by atoms with E-state index >= 15 is 0 Å². The Morgan fingerprint density at radius 2 is 2.18 bits per heavy atom. The monoisotopic (exact) mass is 257 g/mol. The topological polar surface area (TPSA) is 64.0 Å². The lowest BCUT2D eigenvalue weighted by Crippen LogP contribution is -2.26.